The van der Waals surface area contributed by atoms with Crippen LogP contribution in [0.1, 0.15) is 36.0 Å². The largest absolute Gasteiger partial charge is 0.382 e. The number of carbonyl (C=O) groups is 2. The number of primary amides is 1. The Bertz CT molecular complexity index is 561. The predicted octanol–water partition coefficient (Wildman–Crippen LogP) is 0.319. The molecular formula is C13H19N5O2S. The van der Waals surface area contributed by atoms with Crippen LogP contribution in [0.2, 0.25) is 0 Å². The zero-order valence-corrected chi connectivity index (χ0v) is 12.5. The van der Waals surface area contributed by atoms with E-state index in [-0.39, 0.29) is 29.6 Å². The minimum absolute atomic E-state index is 0.0738. The van der Waals surface area contributed by atoms with Crippen LogP contribution < -0.4 is 21.7 Å². The summed E-state index contributed by atoms with van der Waals surface area (Å²) in [6.07, 6.45) is 3.47. The normalized spacial score (nSPS) is 19.5. The van der Waals surface area contributed by atoms with Gasteiger partial charge in [-0.25, -0.2) is 0 Å². The Hall–Kier alpha value is -1.83. The highest BCUT2D eigenvalue weighted by Crippen LogP contribution is 2.34. The summed E-state index contributed by atoms with van der Waals surface area (Å²) in [5, 5.41) is 3.75. The van der Waals surface area contributed by atoms with Gasteiger partial charge in [-0.15, -0.1) is 0 Å². The van der Waals surface area contributed by atoms with Crippen molar-refractivity contribution in [3.05, 3.63) is 5.56 Å². The molecule has 7 nitrogen and oxygen atoms in total. The minimum atomic E-state index is -0.245. The Morgan fingerprint density at radius 2 is 1.90 bits per heavy atom. The molecule has 3 rings (SSSR count). The van der Waals surface area contributed by atoms with Gasteiger partial charge in [0.25, 0.3) is 5.91 Å². The van der Waals surface area contributed by atoms with E-state index in [2.05, 4.69) is 14.6 Å². The number of nitrogens with two attached hydrogens (primary N) is 2. The molecule has 1 saturated carbocycles. The monoisotopic (exact) mass is 309 g/mol. The number of nitrogens with one attached hydrogen (secondary N) is 1. The molecule has 21 heavy (non-hydrogen) atoms. The van der Waals surface area contributed by atoms with E-state index in [0.717, 1.165) is 17.8 Å². The number of rotatable bonds is 4. The predicted molar refractivity (Wildman–Crippen MR) is 81.1 cm³/mol. The molecule has 0 unspecified atom stereocenters. The van der Waals surface area contributed by atoms with Gasteiger partial charge >= 0.3 is 0 Å². The van der Waals surface area contributed by atoms with Crippen LogP contribution >= 0.6 is 11.5 Å². The molecule has 2 amide bonds. The molecule has 1 aliphatic carbocycles. The smallest absolute Gasteiger partial charge is 0.258 e. The fourth-order valence-electron chi connectivity index (χ4n) is 2.57. The first-order valence-corrected chi connectivity index (χ1v) is 7.94. The van der Waals surface area contributed by atoms with E-state index in [1.54, 1.807) is 0 Å². The first-order valence-electron chi connectivity index (χ1n) is 7.16. The molecule has 5 N–H and O–H groups in total. The van der Waals surface area contributed by atoms with Crippen molar-refractivity contribution in [2.75, 3.05) is 23.7 Å². The van der Waals surface area contributed by atoms with E-state index >= 15 is 0 Å². The fraction of sp³-hybridized carbons (Fsp3) is 0.615. The van der Waals surface area contributed by atoms with Gasteiger partial charge in [-0.3, -0.25) is 9.59 Å². The summed E-state index contributed by atoms with van der Waals surface area (Å²) in [7, 11) is 0. The fourth-order valence-corrected chi connectivity index (χ4v) is 3.44. The maximum Gasteiger partial charge on any atom is 0.258 e. The molecule has 0 atom stereocenters. The molecule has 0 spiro atoms. The van der Waals surface area contributed by atoms with Crippen LogP contribution in [0.15, 0.2) is 0 Å². The molecule has 0 aromatic carbocycles. The second-order valence-corrected chi connectivity index (χ2v) is 6.41. The highest BCUT2D eigenvalue weighted by atomic mass is 32.1. The van der Waals surface area contributed by atoms with Crippen molar-refractivity contribution in [2.45, 2.75) is 31.7 Å². The molecule has 8 heteroatoms. The number of piperidine rings is 1. The lowest BCUT2D eigenvalue weighted by Gasteiger charge is -2.31. The summed E-state index contributed by atoms with van der Waals surface area (Å²) in [6, 6.07) is 0.283. The lowest BCUT2D eigenvalue weighted by Crippen LogP contribution is -2.39. The van der Waals surface area contributed by atoms with Gasteiger partial charge in [0.2, 0.25) is 5.91 Å². The number of hydrogen-bond donors (Lipinski definition) is 3. The van der Waals surface area contributed by atoms with Crippen molar-refractivity contribution in [1.29, 1.82) is 0 Å². The van der Waals surface area contributed by atoms with Crippen LogP contribution in [0.3, 0.4) is 0 Å². The van der Waals surface area contributed by atoms with Crippen LogP contribution in [0, 0.1) is 5.92 Å². The maximum atomic E-state index is 12.3. The van der Waals surface area contributed by atoms with Gasteiger partial charge in [-0.2, -0.15) is 4.37 Å². The van der Waals surface area contributed by atoms with Crippen molar-refractivity contribution in [3.8, 4) is 0 Å². The van der Waals surface area contributed by atoms with Crippen LogP contribution in [0.5, 0.6) is 0 Å². The molecule has 2 heterocycles. The van der Waals surface area contributed by atoms with Crippen LogP contribution in [-0.4, -0.2) is 35.3 Å². The highest BCUT2D eigenvalue weighted by molar-refractivity contribution is 7.11. The Morgan fingerprint density at radius 1 is 1.24 bits per heavy atom. The van der Waals surface area contributed by atoms with E-state index in [0.29, 0.717) is 31.5 Å². The van der Waals surface area contributed by atoms with Gasteiger partial charge < -0.3 is 21.7 Å². The van der Waals surface area contributed by atoms with Crippen LogP contribution in [0.25, 0.3) is 0 Å². The Labute approximate surface area is 126 Å². The van der Waals surface area contributed by atoms with E-state index < -0.39 is 0 Å². The van der Waals surface area contributed by atoms with Crippen LogP contribution in [-0.2, 0) is 4.79 Å². The average molecular weight is 309 g/mol. The molecule has 1 saturated heterocycles. The quantitative estimate of drug-likeness (QED) is 0.741. The third kappa shape index (κ3) is 2.94. The lowest BCUT2D eigenvalue weighted by molar-refractivity contribution is -0.122. The molecular weight excluding hydrogens is 290 g/mol. The van der Waals surface area contributed by atoms with Gasteiger partial charge in [0.15, 0.2) is 5.82 Å². The van der Waals surface area contributed by atoms with E-state index in [1.807, 2.05) is 0 Å². The zero-order valence-electron chi connectivity index (χ0n) is 11.7. The molecule has 2 aliphatic rings. The molecule has 0 bridgehead atoms. The van der Waals surface area contributed by atoms with Crippen molar-refractivity contribution < 1.29 is 9.59 Å². The molecule has 1 aromatic heterocycles. The molecule has 1 aromatic rings. The number of amides is 2. The SMILES string of the molecule is NC(=O)C1CCN(c2snc(N)c2C(=O)NC2CC2)CC1. The van der Waals surface area contributed by atoms with Crippen LogP contribution in [0.4, 0.5) is 10.8 Å². The first-order chi connectivity index (χ1) is 10.1. The number of carbonyl (C=O) groups excluding carboxylic acids is 2. The Kier molecular flexibility index (Phi) is 3.71. The van der Waals surface area contributed by atoms with Crippen molar-refractivity contribution in [3.63, 3.8) is 0 Å². The highest BCUT2D eigenvalue weighted by Gasteiger charge is 2.31. The number of anilines is 2. The summed E-state index contributed by atoms with van der Waals surface area (Å²) in [5.74, 6) is -0.179. The molecule has 2 fully saturated rings. The Balaban J connectivity index is 1.73. The second-order valence-electron chi connectivity index (χ2n) is 5.66. The van der Waals surface area contributed by atoms with Gasteiger partial charge in [0.1, 0.15) is 10.6 Å². The second kappa shape index (κ2) is 5.51. The summed E-state index contributed by atoms with van der Waals surface area (Å²) in [6.45, 7) is 1.39. The van der Waals surface area contributed by atoms with Crippen molar-refractivity contribution >= 4 is 34.2 Å². The van der Waals surface area contributed by atoms with Gasteiger partial charge in [0.05, 0.1) is 0 Å². The summed E-state index contributed by atoms with van der Waals surface area (Å²) in [4.78, 5) is 25.6. The summed E-state index contributed by atoms with van der Waals surface area (Å²) in [5.41, 5.74) is 11.7. The first kappa shape index (κ1) is 14.1. The summed E-state index contributed by atoms with van der Waals surface area (Å²) < 4.78 is 4.12. The maximum absolute atomic E-state index is 12.3. The Morgan fingerprint density at radius 3 is 2.48 bits per heavy atom. The molecule has 1 aliphatic heterocycles. The van der Waals surface area contributed by atoms with E-state index in [4.69, 9.17) is 11.5 Å². The van der Waals surface area contributed by atoms with Crippen molar-refractivity contribution in [2.24, 2.45) is 11.7 Å². The standard InChI is InChI=1S/C13H19N5O2S/c14-10-9(12(20)16-8-1-2-8)13(21-17-10)18-5-3-7(4-6-18)11(15)19/h7-8H,1-6H2,(H2,14,17)(H2,15,19)(H,16,20). The van der Waals surface area contributed by atoms with Crippen molar-refractivity contribution in [1.82, 2.24) is 9.69 Å². The van der Waals surface area contributed by atoms with E-state index in [9.17, 15) is 9.59 Å². The van der Waals surface area contributed by atoms with Gasteiger partial charge in [-0.1, -0.05) is 0 Å². The van der Waals surface area contributed by atoms with Gasteiger partial charge in [-0.05, 0) is 37.2 Å². The summed E-state index contributed by atoms with van der Waals surface area (Å²) >= 11 is 1.24. The number of nitrogen functional groups attached to an aromatic ring is 1. The lowest BCUT2D eigenvalue weighted by atomic mass is 9.96. The number of nitrogens with zero attached hydrogens (tertiary/aromatic N) is 2. The molecule has 0 radical (unpaired) electrons. The molecule has 114 valence electrons. The van der Waals surface area contributed by atoms with E-state index in [1.165, 1.54) is 11.5 Å². The third-order valence-corrected chi connectivity index (χ3v) is 4.95. The number of hydrogen-bond acceptors (Lipinski definition) is 6. The minimum Gasteiger partial charge on any atom is -0.382 e. The van der Waals surface area contributed by atoms with Gasteiger partial charge in [0, 0.05) is 25.0 Å². The topological polar surface area (TPSA) is 114 Å². The average Bonchev–Trinajstić information content (AvgIpc) is 3.18. The number of aromatic nitrogens is 1. The third-order valence-electron chi connectivity index (χ3n) is 4.02. The zero-order chi connectivity index (χ0) is 15.0.